The lowest BCUT2D eigenvalue weighted by atomic mass is 9.84. The lowest BCUT2D eigenvalue weighted by Gasteiger charge is -2.44. The minimum atomic E-state index is -0.476. The second-order valence-electron chi connectivity index (χ2n) is 10.0. The molecule has 0 aliphatic carbocycles. The van der Waals surface area contributed by atoms with Crippen LogP contribution in [0.5, 0.6) is 0 Å². The Morgan fingerprint density at radius 1 is 1.23 bits per heavy atom. The Morgan fingerprint density at radius 2 is 1.90 bits per heavy atom. The minimum absolute atomic E-state index is 0.0726. The second-order valence-corrected chi connectivity index (χ2v) is 11.5. The molecule has 0 aromatic heterocycles. The van der Waals surface area contributed by atoms with Crippen LogP contribution in [0.1, 0.15) is 63.7 Å². The fraction of sp³-hybridized carbons (Fsp3) is 0.652. The zero-order valence-electron chi connectivity index (χ0n) is 18.9. The van der Waals surface area contributed by atoms with Gasteiger partial charge in [-0.15, -0.1) is 11.8 Å². The van der Waals surface area contributed by atoms with Crippen molar-refractivity contribution in [3.63, 3.8) is 0 Å². The van der Waals surface area contributed by atoms with Gasteiger partial charge in [0.1, 0.15) is 0 Å². The Bertz CT molecular complexity index is 843. The first-order chi connectivity index (χ1) is 14.5. The van der Waals surface area contributed by atoms with Crippen LogP contribution in [0, 0.1) is 21.4 Å². The summed E-state index contributed by atoms with van der Waals surface area (Å²) >= 11 is 1.78. The molecule has 1 aromatic rings. The predicted molar refractivity (Wildman–Crippen MR) is 123 cm³/mol. The average Bonchev–Trinajstić information content (AvgIpc) is 3.09. The number of non-ortho nitro benzene ring substituents is 1. The van der Waals surface area contributed by atoms with E-state index in [1.807, 2.05) is 9.80 Å². The molecule has 2 saturated heterocycles. The van der Waals surface area contributed by atoms with Crippen molar-refractivity contribution in [1.29, 1.82) is 0 Å². The molecule has 3 rings (SSSR count). The van der Waals surface area contributed by atoms with E-state index < -0.39 is 4.92 Å². The van der Waals surface area contributed by atoms with Crippen LogP contribution >= 0.6 is 11.8 Å². The number of nitrogens with zero attached hydrogens (tertiary/aromatic N) is 3. The van der Waals surface area contributed by atoms with Crippen molar-refractivity contribution < 1.29 is 14.5 Å². The number of benzene rings is 1. The summed E-state index contributed by atoms with van der Waals surface area (Å²) < 4.78 is 0. The summed E-state index contributed by atoms with van der Waals surface area (Å²) in [6.45, 7) is 10.7. The highest BCUT2D eigenvalue weighted by Gasteiger charge is 2.47. The highest BCUT2D eigenvalue weighted by Crippen LogP contribution is 2.44. The van der Waals surface area contributed by atoms with E-state index in [-0.39, 0.29) is 27.8 Å². The van der Waals surface area contributed by atoms with Crippen LogP contribution in [-0.4, -0.2) is 56.8 Å². The molecule has 7 nitrogen and oxygen atoms in total. The topological polar surface area (TPSA) is 83.8 Å². The number of rotatable bonds is 5. The first-order valence-corrected chi connectivity index (χ1v) is 12.0. The van der Waals surface area contributed by atoms with E-state index in [1.54, 1.807) is 23.9 Å². The van der Waals surface area contributed by atoms with E-state index in [4.69, 9.17) is 0 Å². The normalized spacial score (nSPS) is 19.5. The number of nitro benzene ring substituents is 1. The molecule has 8 heteroatoms. The van der Waals surface area contributed by atoms with Gasteiger partial charge >= 0.3 is 0 Å². The van der Waals surface area contributed by atoms with Crippen LogP contribution in [0.15, 0.2) is 24.3 Å². The van der Waals surface area contributed by atoms with Gasteiger partial charge in [-0.1, -0.05) is 33.8 Å². The van der Waals surface area contributed by atoms with E-state index in [2.05, 4.69) is 27.7 Å². The zero-order chi connectivity index (χ0) is 22.8. The van der Waals surface area contributed by atoms with Gasteiger partial charge < -0.3 is 9.80 Å². The fourth-order valence-electron chi connectivity index (χ4n) is 4.87. The van der Waals surface area contributed by atoms with Crippen molar-refractivity contribution in [2.45, 2.75) is 58.2 Å². The van der Waals surface area contributed by atoms with Gasteiger partial charge in [-0.2, -0.15) is 0 Å². The van der Waals surface area contributed by atoms with Gasteiger partial charge in [-0.3, -0.25) is 19.7 Å². The summed E-state index contributed by atoms with van der Waals surface area (Å²) in [6, 6.07) is 5.95. The summed E-state index contributed by atoms with van der Waals surface area (Å²) in [7, 11) is 0. The standard InChI is InChI=1S/C23H33N3O4S/c1-17(16-22(2,3)4)14-20(27)24-10-8-23(9-11-24)25(12-13-31-23)21(28)18-6-5-7-19(15-18)26(29)30/h5-7,15,17H,8-14,16H2,1-4H3. The molecule has 2 fully saturated rings. The van der Waals surface area contributed by atoms with E-state index >= 15 is 0 Å². The van der Waals surface area contributed by atoms with Gasteiger partial charge in [0.15, 0.2) is 0 Å². The Balaban J connectivity index is 1.63. The molecule has 0 N–H and O–H groups in total. The maximum absolute atomic E-state index is 13.2. The summed E-state index contributed by atoms with van der Waals surface area (Å²) in [5.74, 6) is 1.23. The largest absolute Gasteiger partial charge is 0.342 e. The number of carbonyl (C=O) groups is 2. The lowest BCUT2D eigenvalue weighted by molar-refractivity contribution is -0.384. The third kappa shape index (κ3) is 5.59. The number of thioether (sulfide) groups is 1. The van der Waals surface area contributed by atoms with E-state index in [0.29, 0.717) is 37.5 Å². The molecule has 170 valence electrons. The highest BCUT2D eigenvalue weighted by atomic mass is 32.2. The molecule has 1 aromatic carbocycles. The number of hydrogen-bond donors (Lipinski definition) is 0. The molecule has 1 unspecified atom stereocenters. The molecule has 0 bridgehead atoms. The van der Waals surface area contributed by atoms with Crippen molar-refractivity contribution in [1.82, 2.24) is 9.80 Å². The van der Waals surface area contributed by atoms with Gasteiger partial charge in [-0.05, 0) is 36.7 Å². The smallest absolute Gasteiger partial charge is 0.270 e. The SMILES string of the molecule is CC(CC(=O)N1CCC2(CC1)SCCN2C(=O)c1cccc([N+](=O)[O-])c1)CC(C)(C)C. The van der Waals surface area contributed by atoms with Crippen LogP contribution in [0.2, 0.25) is 0 Å². The summed E-state index contributed by atoms with van der Waals surface area (Å²) in [5, 5.41) is 11.1. The molecule has 1 atom stereocenters. The molecule has 0 saturated carbocycles. The Labute approximate surface area is 188 Å². The average molecular weight is 448 g/mol. The second kappa shape index (κ2) is 9.18. The first-order valence-electron chi connectivity index (χ1n) is 11.0. The van der Waals surface area contributed by atoms with Crippen molar-refractivity contribution in [3.8, 4) is 0 Å². The lowest BCUT2D eigenvalue weighted by Crippen LogP contribution is -2.53. The van der Waals surface area contributed by atoms with Crippen LogP contribution < -0.4 is 0 Å². The highest BCUT2D eigenvalue weighted by molar-refractivity contribution is 8.00. The first kappa shape index (κ1) is 23.6. The van der Waals surface area contributed by atoms with E-state index in [9.17, 15) is 19.7 Å². The van der Waals surface area contributed by atoms with Crippen molar-refractivity contribution >= 4 is 29.3 Å². The minimum Gasteiger partial charge on any atom is -0.342 e. The molecule has 0 radical (unpaired) electrons. The van der Waals surface area contributed by atoms with E-state index in [0.717, 1.165) is 25.0 Å². The molecule has 1 spiro atoms. The maximum Gasteiger partial charge on any atom is 0.270 e. The number of amides is 2. The Morgan fingerprint density at radius 3 is 2.52 bits per heavy atom. The number of carbonyl (C=O) groups excluding carboxylic acids is 2. The molecule has 31 heavy (non-hydrogen) atoms. The van der Waals surface area contributed by atoms with Gasteiger partial charge in [0.25, 0.3) is 11.6 Å². The van der Waals surface area contributed by atoms with Crippen molar-refractivity contribution in [3.05, 3.63) is 39.9 Å². The Kier molecular flexibility index (Phi) is 6.98. The third-order valence-corrected chi connectivity index (χ3v) is 7.66. The molecule has 2 aliphatic heterocycles. The van der Waals surface area contributed by atoms with Crippen LogP contribution in [-0.2, 0) is 4.79 Å². The van der Waals surface area contributed by atoms with Gasteiger partial charge in [0.2, 0.25) is 5.91 Å². The summed E-state index contributed by atoms with van der Waals surface area (Å²) in [6.07, 6.45) is 3.04. The quantitative estimate of drug-likeness (QED) is 0.488. The number of hydrogen-bond acceptors (Lipinski definition) is 5. The third-order valence-electron chi connectivity index (χ3n) is 6.11. The fourth-order valence-corrected chi connectivity index (χ4v) is 6.32. The Hall–Kier alpha value is -2.09. The van der Waals surface area contributed by atoms with Crippen LogP contribution in [0.3, 0.4) is 0 Å². The van der Waals surface area contributed by atoms with Crippen molar-refractivity contribution in [2.75, 3.05) is 25.4 Å². The van der Waals surface area contributed by atoms with Gasteiger partial charge in [0.05, 0.1) is 9.79 Å². The number of likely N-dealkylation sites (tertiary alicyclic amines) is 1. The van der Waals surface area contributed by atoms with Crippen LogP contribution in [0.4, 0.5) is 5.69 Å². The molecule has 2 heterocycles. The maximum atomic E-state index is 13.2. The van der Waals surface area contributed by atoms with Crippen LogP contribution in [0.25, 0.3) is 0 Å². The molecular weight excluding hydrogens is 414 g/mol. The summed E-state index contributed by atoms with van der Waals surface area (Å²) in [5.41, 5.74) is 0.488. The molecular formula is C23H33N3O4S. The van der Waals surface area contributed by atoms with Gasteiger partial charge in [-0.25, -0.2) is 0 Å². The number of nitro groups is 1. The van der Waals surface area contributed by atoms with Gasteiger partial charge in [0, 0.05) is 49.5 Å². The predicted octanol–water partition coefficient (Wildman–Crippen LogP) is 4.56. The van der Waals surface area contributed by atoms with Crippen molar-refractivity contribution in [2.24, 2.45) is 11.3 Å². The zero-order valence-corrected chi connectivity index (χ0v) is 19.7. The van der Waals surface area contributed by atoms with E-state index in [1.165, 1.54) is 12.1 Å². The molecule has 2 aliphatic rings. The number of piperidine rings is 1. The summed E-state index contributed by atoms with van der Waals surface area (Å²) in [4.78, 5) is 40.1. The molecule has 2 amide bonds. The monoisotopic (exact) mass is 447 g/mol.